The third kappa shape index (κ3) is 4.75. The topological polar surface area (TPSA) is 174 Å². The minimum absolute atomic E-state index is 0.307. The van der Waals surface area contributed by atoms with Gasteiger partial charge >= 0.3 is 6.29 Å². The zero-order valence-electron chi connectivity index (χ0n) is 12.2. The molecule has 1 unspecified atom stereocenters. The van der Waals surface area contributed by atoms with Gasteiger partial charge in [0.1, 0.15) is 18.3 Å². The van der Waals surface area contributed by atoms with Gasteiger partial charge in [-0.2, -0.15) is 9.78 Å². The van der Waals surface area contributed by atoms with Crippen LogP contribution in [0.4, 0.5) is 0 Å². The second-order valence-corrected chi connectivity index (χ2v) is 4.81. The summed E-state index contributed by atoms with van der Waals surface area (Å²) in [6.07, 6.45) is -2.81. The summed E-state index contributed by atoms with van der Waals surface area (Å²) in [5.41, 5.74) is 0.307. The van der Waals surface area contributed by atoms with Crippen molar-refractivity contribution in [3.63, 3.8) is 0 Å². The summed E-state index contributed by atoms with van der Waals surface area (Å²) in [5, 5.41) is 37.0. The molecular formula is C13H16N2O9. The van der Waals surface area contributed by atoms with E-state index in [1.165, 1.54) is 12.4 Å². The molecule has 3 rings (SSSR count). The lowest BCUT2D eigenvalue weighted by Gasteiger charge is -2.09. The number of aliphatic hydroxyl groups excluding tert-OH is 4. The Kier molecular flexibility index (Phi) is 6.28. The molecule has 132 valence electrons. The van der Waals surface area contributed by atoms with E-state index >= 15 is 0 Å². The normalized spacial score (nSPS) is 28.7. The zero-order chi connectivity index (χ0) is 17.7. The summed E-state index contributed by atoms with van der Waals surface area (Å²) in [6.45, 7) is -0.407. The van der Waals surface area contributed by atoms with Crippen LogP contribution in [0.5, 0.6) is 0 Å². The van der Waals surface area contributed by atoms with Crippen LogP contribution in [0.3, 0.4) is 0 Å². The summed E-state index contributed by atoms with van der Waals surface area (Å²) in [6, 6.07) is 3.15. The first-order valence-electron chi connectivity index (χ1n) is 6.82. The Balaban J connectivity index is 0.000000185. The Morgan fingerprint density at radius 3 is 2.33 bits per heavy atom. The summed E-state index contributed by atoms with van der Waals surface area (Å²) >= 11 is 0. The monoisotopic (exact) mass is 344 g/mol. The van der Waals surface area contributed by atoms with Gasteiger partial charge in [0, 0.05) is 12.4 Å². The molecule has 24 heavy (non-hydrogen) atoms. The second-order valence-electron chi connectivity index (χ2n) is 4.81. The predicted octanol–water partition coefficient (Wildman–Crippen LogP) is -2.96. The molecule has 0 aromatic carbocycles. The lowest BCUT2D eigenvalue weighted by atomic mass is 10.1. The van der Waals surface area contributed by atoms with Crippen LogP contribution in [0.1, 0.15) is 10.4 Å². The van der Waals surface area contributed by atoms with Crippen molar-refractivity contribution in [1.29, 1.82) is 0 Å². The first kappa shape index (κ1) is 18.4. The molecule has 4 atom stereocenters. The van der Waals surface area contributed by atoms with Gasteiger partial charge < -0.3 is 25.2 Å². The maximum Gasteiger partial charge on any atom is 0.301 e. The fraction of sp³-hybridized carbons (Fsp3) is 0.462. The third-order valence-electron chi connectivity index (χ3n) is 3.08. The largest absolute Gasteiger partial charge is 0.394 e. The fourth-order valence-electron chi connectivity index (χ4n) is 1.73. The number of hydrogen-bond acceptors (Lipinski definition) is 10. The number of amides is 2. The molecule has 2 aliphatic heterocycles. The molecule has 1 aromatic rings. The Morgan fingerprint density at radius 1 is 1.21 bits per heavy atom. The molecule has 2 aliphatic rings. The van der Waals surface area contributed by atoms with E-state index in [0.717, 1.165) is 0 Å². The van der Waals surface area contributed by atoms with Crippen molar-refractivity contribution in [3.05, 3.63) is 30.1 Å². The minimum atomic E-state index is -1.38. The Bertz CT molecular complexity index is 566. The first-order chi connectivity index (χ1) is 11.4. The van der Waals surface area contributed by atoms with Crippen LogP contribution in [-0.2, 0) is 19.3 Å². The number of ether oxygens (including phenoxy) is 1. The highest BCUT2D eigenvalue weighted by Gasteiger charge is 2.41. The lowest BCUT2D eigenvalue weighted by Crippen LogP contribution is -2.33. The van der Waals surface area contributed by atoms with Crippen molar-refractivity contribution in [1.82, 2.24) is 10.3 Å². The van der Waals surface area contributed by atoms with Crippen molar-refractivity contribution in [3.8, 4) is 0 Å². The molecule has 2 saturated heterocycles. The summed E-state index contributed by atoms with van der Waals surface area (Å²) in [7, 11) is 0. The van der Waals surface area contributed by atoms with Crippen LogP contribution in [0, 0.1) is 0 Å². The molecule has 2 amide bonds. The number of rotatable bonds is 3. The number of nitrogens with one attached hydrogen (secondary N) is 1. The number of imide groups is 1. The van der Waals surface area contributed by atoms with E-state index in [2.05, 4.69) is 24.8 Å². The van der Waals surface area contributed by atoms with Gasteiger partial charge in [0.05, 0.1) is 12.2 Å². The number of pyridine rings is 1. The van der Waals surface area contributed by atoms with Gasteiger partial charge in [-0.25, -0.2) is 0 Å². The smallest absolute Gasteiger partial charge is 0.301 e. The molecule has 0 bridgehead atoms. The molecule has 0 radical (unpaired) electrons. The van der Waals surface area contributed by atoms with Gasteiger partial charge in [-0.05, 0) is 12.1 Å². The van der Waals surface area contributed by atoms with Crippen molar-refractivity contribution in [2.45, 2.75) is 30.9 Å². The van der Waals surface area contributed by atoms with E-state index in [1.54, 1.807) is 12.1 Å². The zero-order valence-corrected chi connectivity index (χ0v) is 12.2. The quantitative estimate of drug-likeness (QED) is 0.216. The molecule has 5 N–H and O–H groups in total. The number of nitrogens with zero attached hydrogens (tertiary/aromatic N) is 1. The molecule has 0 saturated carbocycles. The van der Waals surface area contributed by atoms with Crippen molar-refractivity contribution in [2.24, 2.45) is 0 Å². The molecule has 1 aromatic heterocycles. The maximum absolute atomic E-state index is 11.3. The van der Waals surface area contributed by atoms with Crippen LogP contribution in [0.15, 0.2) is 24.5 Å². The van der Waals surface area contributed by atoms with E-state index in [1.807, 2.05) is 0 Å². The third-order valence-corrected chi connectivity index (χ3v) is 3.08. The van der Waals surface area contributed by atoms with Gasteiger partial charge in [0.2, 0.25) is 0 Å². The summed E-state index contributed by atoms with van der Waals surface area (Å²) < 4.78 is 4.54. The molecule has 0 aliphatic carbocycles. The Labute approximate surface area is 135 Å². The van der Waals surface area contributed by atoms with Gasteiger partial charge in [-0.3, -0.25) is 19.9 Å². The van der Waals surface area contributed by atoms with Crippen LogP contribution >= 0.6 is 0 Å². The molecule has 11 heteroatoms. The summed E-state index contributed by atoms with van der Waals surface area (Å²) in [5.74, 6) is -1.14. The van der Waals surface area contributed by atoms with Gasteiger partial charge in [-0.15, -0.1) is 0 Å². The van der Waals surface area contributed by atoms with E-state index < -0.39 is 49.3 Å². The van der Waals surface area contributed by atoms with Crippen LogP contribution in [0.25, 0.3) is 0 Å². The van der Waals surface area contributed by atoms with E-state index in [4.69, 9.17) is 20.4 Å². The molecular weight excluding hydrogens is 328 g/mol. The maximum atomic E-state index is 11.3. The van der Waals surface area contributed by atoms with Gasteiger partial charge in [0.25, 0.3) is 11.8 Å². The summed E-state index contributed by atoms with van der Waals surface area (Å²) in [4.78, 5) is 34.5. The number of carbonyl (C=O) groups is 2. The van der Waals surface area contributed by atoms with Crippen LogP contribution in [-0.4, -0.2) is 74.7 Å². The fourth-order valence-corrected chi connectivity index (χ4v) is 1.73. The lowest BCUT2D eigenvalue weighted by molar-refractivity contribution is -0.132. The van der Waals surface area contributed by atoms with Gasteiger partial charge in [-0.1, -0.05) is 0 Å². The Hall–Kier alpha value is -1.99. The molecule has 2 fully saturated rings. The number of carbonyl (C=O) groups excluding carboxylic acids is 2. The van der Waals surface area contributed by atoms with Crippen LogP contribution < -0.4 is 5.32 Å². The van der Waals surface area contributed by atoms with Crippen LogP contribution in [0.2, 0.25) is 0 Å². The molecule has 11 nitrogen and oxygen atoms in total. The second kappa shape index (κ2) is 8.21. The number of hydrogen-bond donors (Lipinski definition) is 5. The number of aliphatic hydroxyl groups is 4. The highest BCUT2D eigenvalue weighted by molar-refractivity contribution is 6.05. The standard InChI is InChI=1S/C8H6N2O4.C5H10O5/c11-6(5-2-1-3-9-4-5)10-7(12)8-13-14-8;6-1-2-3(7)4(8)5(9)10-2/h1-4,8H,(H,10,11,12);2-9H,1H2/t;2-,3-,4-,5?/m.1/s1. The van der Waals surface area contributed by atoms with Crippen molar-refractivity contribution in [2.75, 3.05) is 6.61 Å². The average molecular weight is 344 g/mol. The minimum Gasteiger partial charge on any atom is -0.394 e. The SMILES string of the molecule is O=C(NC(=O)C1OO1)c1cccnc1.OC[C@H]1OC(O)[C@H](O)[C@@H]1O. The highest BCUT2D eigenvalue weighted by atomic mass is 17.4. The Morgan fingerprint density at radius 2 is 1.92 bits per heavy atom. The highest BCUT2D eigenvalue weighted by Crippen LogP contribution is 2.18. The van der Waals surface area contributed by atoms with Gasteiger partial charge in [0.15, 0.2) is 6.29 Å². The average Bonchev–Trinajstić information content (AvgIpc) is 3.41. The van der Waals surface area contributed by atoms with E-state index in [-0.39, 0.29) is 0 Å². The predicted molar refractivity (Wildman–Crippen MR) is 72.6 cm³/mol. The molecule has 3 heterocycles. The van der Waals surface area contributed by atoms with E-state index in [0.29, 0.717) is 5.56 Å². The van der Waals surface area contributed by atoms with Crippen molar-refractivity contribution < 1.29 is 44.5 Å². The van der Waals surface area contributed by atoms with Crippen molar-refractivity contribution >= 4 is 11.8 Å². The first-order valence-corrected chi connectivity index (χ1v) is 6.82. The number of aromatic nitrogens is 1. The van der Waals surface area contributed by atoms with E-state index in [9.17, 15) is 9.59 Å². The molecule has 0 spiro atoms.